The lowest BCUT2D eigenvalue weighted by atomic mass is 10.1. The van der Waals surface area contributed by atoms with Crippen LogP contribution in [0.2, 0.25) is 0 Å². The van der Waals surface area contributed by atoms with Crippen LogP contribution in [0.15, 0.2) is 100 Å². The molecule has 1 aromatic heterocycles. The molecule has 0 saturated heterocycles. The summed E-state index contributed by atoms with van der Waals surface area (Å²) in [6, 6.07) is 25.7. The monoisotopic (exact) mass is 401 g/mol. The van der Waals surface area contributed by atoms with Gasteiger partial charge in [0.2, 0.25) is 0 Å². The smallest absolute Gasteiger partial charge is 0.282 e. The molecule has 0 saturated carbocycles. The van der Waals surface area contributed by atoms with Crippen molar-refractivity contribution in [1.82, 2.24) is 4.98 Å². The van der Waals surface area contributed by atoms with Crippen molar-refractivity contribution in [2.75, 3.05) is 5.32 Å². The van der Waals surface area contributed by atoms with E-state index in [0.29, 0.717) is 11.5 Å². The molecule has 0 radical (unpaired) electrons. The predicted octanol–water partition coefficient (Wildman–Crippen LogP) is 5.18. The Labute approximate surface area is 169 Å². The molecule has 0 bridgehead atoms. The van der Waals surface area contributed by atoms with E-state index >= 15 is 0 Å². The molecule has 0 amide bonds. The van der Waals surface area contributed by atoms with E-state index in [1.165, 1.54) is 12.1 Å². The highest BCUT2D eigenvalue weighted by Crippen LogP contribution is 2.21. The van der Waals surface area contributed by atoms with Crippen LogP contribution in [0.25, 0.3) is 10.8 Å². The topological polar surface area (TPSA) is 71.4 Å². The van der Waals surface area contributed by atoms with Gasteiger partial charge in [0, 0.05) is 11.9 Å². The standard InChI is InChI=1S/C23H19N3O2S/c1-17(19-10-9-18-6-2-3-7-20(18)16-19)26-29(27,28)22-13-11-21(12-14-22)25-23-8-4-5-15-24-23/h2-16H,1H3,(H,24,25)/b26-17-. The molecule has 6 heteroatoms. The normalized spacial score (nSPS) is 12.1. The number of benzene rings is 3. The average molecular weight is 401 g/mol. The van der Waals surface area contributed by atoms with Crippen molar-refractivity contribution in [3.8, 4) is 0 Å². The molecule has 0 spiro atoms. The first kappa shape index (κ1) is 18.8. The van der Waals surface area contributed by atoms with Crippen LogP contribution in [0.5, 0.6) is 0 Å². The maximum atomic E-state index is 12.7. The molecule has 0 aliphatic carbocycles. The van der Waals surface area contributed by atoms with Gasteiger partial charge in [0.05, 0.1) is 10.6 Å². The van der Waals surface area contributed by atoms with Crippen molar-refractivity contribution in [3.05, 3.63) is 96.7 Å². The zero-order chi connectivity index (χ0) is 20.3. The highest BCUT2D eigenvalue weighted by atomic mass is 32.2. The number of nitrogens with zero attached hydrogens (tertiary/aromatic N) is 2. The van der Waals surface area contributed by atoms with Gasteiger partial charge in [-0.2, -0.15) is 12.8 Å². The quantitative estimate of drug-likeness (QED) is 0.468. The second-order valence-corrected chi connectivity index (χ2v) is 8.18. The first-order chi connectivity index (χ1) is 14.0. The van der Waals surface area contributed by atoms with E-state index in [2.05, 4.69) is 14.7 Å². The van der Waals surface area contributed by atoms with Crippen LogP contribution in [0, 0.1) is 0 Å². The summed E-state index contributed by atoms with van der Waals surface area (Å²) in [7, 11) is -3.81. The summed E-state index contributed by atoms with van der Waals surface area (Å²) in [4.78, 5) is 4.33. The summed E-state index contributed by atoms with van der Waals surface area (Å²) in [5.74, 6) is 0.688. The third-order valence-corrected chi connectivity index (χ3v) is 5.90. The van der Waals surface area contributed by atoms with E-state index in [1.54, 1.807) is 25.3 Å². The summed E-state index contributed by atoms with van der Waals surface area (Å²) >= 11 is 0. The van der Waals surface area contributed by atoms with E-state index in [1.807, 2.05) is 60.7 Å². The highest BCUT2D eigenvalue weighted by molar-refractivity contribution is 7.90. The Bertz CT molecular complexity index is 1280. The van der Waals surface area contributed by atoms with E-state index in [0.717, 1.165) is 22.0 Å². The number of aromatic nitrogens is 1. The molecule has 29 heavy (non-hydrogen) atoms. The maximum Gasteiger partial charge on any atom is 0.282 e. The first-order valence-electron chi connectivity index (χ1n) is 9.10. The predicted molar refractivity (Wildman–Crippen MR) is 117 cm³/mol. The van der Waals surface area contributed by atoms with Crippen molar-refractivity contribution in [1.29, 1.82) is 0 Å². The fourth-order valence-electron chi connectivity index (χ4n) is 2.99. The lowest BCUT2D eigenvalue weighted by Crippen LogP contribution is -2.03. The number of rotatable bonds is 5. The Morgan fingerprint density at radius 1 is 0.862 bits per heavy atom. The number of pyridine rings is 1. The Balaban J connectivity index is 1.58. The van der Waals surface area contributed by atoms with E-state index in [9.17, 15) is 8.42 Å². The van der Waals surface area contributed by atoms with Gasteiger partial charge in [-0.25, -0.2) is 4.98 Å². The Morgan fingerprint density at radius 2 is 1.59 bits per heavy atom. The molecular weight excluding hydrogens is 382 g/mol. The van der Waals surface area contributed by atoms with Gasteiger partial charge < -0.3 is 5.32 Å². The summed E-state index contributed by atoms with van der Waals surface area (Å²) in [5, 5.41) is 5.27. The lowest BCUT2D eigenvalue weighted by molar-refractivity contribution is 0.598. The second kappa shape index (κ2) is 7.85. The summed E-state index contributed by atoms with van der Waals surface area (Å²) in [6.07, 6.45) is 1.69. The van der Waals surface area contributed by atoms with Crippen LogP contribution in [0.3, 0.4) is 0 Å². The maximum absolute atomic E-state index is 12.7. The third kappa shape index (κ3) is 4.33. The van der Waals surface area contributed by atoms with Crippen molar-refractivity contribution >= 4 is 38.0 Å². The third-order valence-electron chi connectivity index (χ3n) is 4.51. The van der Waals surface area contributed by atoms with Crippen LogP contribution in [-0.4, -0.2) is 19.1 Å². The first-order valence-corrected chi connectivity index (χ1v) is 10.5. The van der Waals surface area contributed by atoms with E-state index in [4.69, 9.17) is 0 Å². The van der Waals surface area contributed by atoms with E-state index in [-0.39, 0.29) is 4.90 Å². The lowest BCUT2D eigenvalue weighted by Gasteiger charge is -2.07. The average Bonchev–Trinajstić information content (AvgIpc) is 2.74. The summed E-state index contributed by atoms with van der Waals surface area (Å²) in [6.45, 7) is 1.71. The number of hydrogen-bond acceptors (Lipinski definition) is 4. The number of sulfonamides is 1. The molecule has 3 aromatic carbocycles. The summed E-state index contributed by atoms with van der Waals surface area (Å²) in [5.41, 5.74) is 1.98. The second-order valence-electron chi connectivity index (χ2n) is 6.58. The minimum atomic E-state index is -3.81. The van der Waals surface area contributed by atoms with Crippen molar-refractivity contribution < 1.29 is 8.42 Å². The van der Waals surface area contributed by atoms with Crippen molar-refractivity contribution in [3.63, 3.8) is 0 Å². The number of anilines is 2. The molecule has 144 valence electrons. The fourth-order valence-corrected chi connectivity index (χ4v) is 4.05. The molecule has 0 unspecified atom stereocenters. The van der Waals surface area contributed by atoms with E-state index < -0.39 is 10.0 Å². The largest absolute Gasteiger partial charge is 0.340 e. The molecule has 0 atom stereocenters. The van der Waals surface area contributed by atoms with Crippen LogP contribution in [-0.2, 0) is 10.0 Å². The van der Waals surface area contributed by atoms with Gasteiger partial charge in [-0.1, -0.05) is 42.5 Å². The van der Waals surface area contributed by atoms with Gasteiger partial charge in [0.25, 0.3) is 10.0 Å². The molecule has 0 aliphatic heterocycles. The zero-order valence-electron chi connectivity index (χ0n) is 15.8. The molecule has 5 nitrogen and oxygen atoms in total. The molecular formula is C23H19N3O2S. The van der Waals surface area contributed by atoms with Gasteiger partial charge in [-0.15, -0.1) is 0 Å². The molecule has 1 heterocycles. The fraction of sp³-hybridized carbons (Fsp3) is 0.0435. The van der Waals surface area contributed by atoms with Gasteiger partial charge in [0.1, 0.15) is 5.82 Å². The number of hydrogen-bond donors (Lipinski definition) is 1. The van der Waals surface area contributed by atoms with Crippen molar-refractivity contribution in [2.24, 2.45) is 4.40 Å². The number of nitrogens with one attached hydrogen (secondary N) is 1. The van der Waals surface area contributed by atoms with Crippen LogP contribution >= 0.6 is 0 Å². The molecule has 0 aliphatic rings. The van der Waals surface area contributed by atoms with Gasteiger partial charge in [-0.3, -0.25) is 0 Å². The van der Waals surface area contributed by atoms with Gasteiger partial charge in [0.15, 0.2) is 0 Å². The Hall–Kier alpha value is -3.51. The van der Waals surface area contributed by atoms with Gasteiger partial charge in [-0.05, 0) is 65.7 Å². The van der Waals surface area contributed by atoms with Crippen molar-refractivity contribution in [2.45, 2.75) is 11.8 Å². The van der Waals surface area contributed by atoms with Crippen LogP contribution < -0.4 is 5.32 Å². The SMILES string of the molecule is C/C(=N/S(=O)(=O)c1ccc(Nc2ccccn2)cc1)c1ccc2ccccc2c1. The van der Waals surface area contributed by atoms with Gasteiger partial charge >= 0.3 is 0 Å². The number of fused-ring (bicyclic) bond motifs is 1. The zero-order valence-corrected chi connectivity index (χ0v) is 16.6. The van der Waals surface area contributed by atoms with Crippen LogP contribution in [0.4, 0.5) is 11.5 Å². The molecule has 4 aromatic rings. The Kier molecular flexibility index (Phi) is 5.10. The Morgan fingerprint density at radius 3 is 2.31 bits per heavy atom. The molecule has 0 fully saturated rings. The minimum absolute atomic E-state index is 0.143. The summed E-state index contributed by atoms with van der Waals surface area (Å²) < 4.78 is 29.5. The van der Waals surface area contributed by atoms with Crippen LogP contribution in [0.1, 0.15) is 12.5 Å². The molecule has 1 N–H and O–H groups in total. The highest BCUT2D eigenvalue weighted by Gasteiger charge is 2.14. The molecule has 4 rings (SSSR count). The minimum Gasteiger partial charge on any atom is -0.340 e.